The van der Waals surface area contributed by atoms with Crippen LogP contribution in [-0.4, -0.2) is 29.9 Å². The van der Waals surface area contributed by atoms with Gasteiger partial charge in [-0.25, -0.2) is 4.39 Å². The molecule has 2 N–H and O–H groups in total. The van der Waals surface area contributed by atoms with Gasteiger partial charge in [0.15, 0.2) is 0 Å². The first-order valence-corrected chi connectivity index (χ1v) is 6.60. The van der Waals surface area contributed by atoms with E-state index in [0.717, 1.165) is 6.42 Å². The van der Waals surface area contributed by atoms with Crippen molar-refractivity contribution in [2.75, 3.05) is 13.6 Å². The van der Waals surface area contributed by atoms with Crippen molar-refractivity contribution in [3.63, 3.8) is 0 Å². The average molecular weight is 276 g/mol. The largest absolute Gasteiger partial charge is 0.337 e. The van der Waals surface area contributed by atoms with Crippen molar-refractivity contribution in [2.45, 2.75) is 32.7 Å². The summed E-state index contributed by atoms with van der Waals surface area (Å²) in [4.78, 5) is 14.0. The number of benzene rings is 1. The number of amides is 1. The van der Waals surface area contributed by atoms with E-state index in [1.54, 1.807) is 18.0 Å². The van der Waals surface area contributed by atoms with E-state index in [2.05, 4.69) is 11.8 Å². The highest BCUT2D eigenvalue weighted by Gasteiger charge is 2.28. The summed E-state index contributed by atoms with van der Waals surface area (Å²) in [6.07, 6.45) is 0.781. The molecule has 20 heavy (non-hydrogen) atoms. The molecule has 0 aliphatic carbocycles. The molecule has 0 unspecified atom stereocenters. The van der Waals surface area contributed by atoms with Gasteiger partial charge in [-0.05, 0) is 38.5 Å². The summed E-state index contributed by atoms with van der Waals surface area (Å²) in [6.45, 7) is 6.11. The standard InChI is InChI=1S/C16H21FN2O/c1-5-16(2,3)19(4)15(20)13-11-12(7-6-10-18)8-9-14(13)17/h8-9,11H,5,10,18H2,1-4H3. The first kappa shape index (κ1) is 16.2. The summed E-state index contributed by atoms with van der Waals surface area (Å²) in [7, 11) is 1.68. The van der Waals surface area contributed by atoms with E-state index >= 15 is 0 Å². The van der Waals surface area contributed by atoms with Crippen LogP contribution in [0.4, 0.5) is 4.39 Å². The molecule has 4 heteroatoms. The second kappa shape index (κ2) is 6.53. The maximum Gasteiger partial charge on any atom is 0.257 e. The van der Waals surface area contributed by atoms with Gasteiger partial charge in [-0.3, -0.25) is 4.79 Å². The van der Waals surface area contributed by atoms with Gasteiger partial charge >= 0.3 is 0 Å². The Morgan fingerprint density at radius 1 is 1.45 bits per heavy atom. The van der Waals surface area contributed by atoms with Gasteiger partial charge in [0, 0.05) is 18.2 Å². The molecule has 1 aromatic carbocycles. The van der Waals surface area contributed by atoms with Gasteiger partial charge in [0.05, 0.1) is 12.1 Å². The molecule has 0 atom stereocenters. The highest BCUT2D eigenvalue weighted by molar-refractivity contribution is 5.95. The van der Waals surface area contributed by atoms with Crippen LogP contribution < -0.4 is 5.73 Å². The molecule has 0 heterocycles. The third-order valence-corrected chi connectivity index (χ3v) is 3.61. The minimum Gasteiger partial charge on any atom is -0.337 e. The Hall–Kier alpha value is -1.86. The normalized spacial score (nSPS) is 10.7. The zero-order valence-electron chi connectivity index (χ0n) is 12.5. The first-order chi connectivity index (χ1) is 9.33. The monoisotopic (exact) mass is 276 g/mol. The highest BCUT2D eigenvalue weighted by Crippen LogP contribution is 2.21. The lowest BCUT2D eigenvalue weighted by Gasteiger charge is -2.35. The van der Waals surface area contributed by atoms with Crippen LogP contribution >= 0.6 is 0 Å². The molecule has 3 nitrogen and oxygen atoms in total. The molecule has 0 aromatic heterocycles. The van der Waals surface area contributed by atoms with Gasteiger partial charge < -0.3 is 10.6 Å². The lowest BCUT2D eigenvalue weighted by atomic mass is 9.98. The molecule has 1 aromatic rings. The zero-order chi connectivity index (χ0) is 15.3. The quantitative estimate of drug-likeness (QED) is 0.862. The number of halogens is 1. The van der Waals surface area contributed by atoms with E-state index in [1.165, 1.54) is 12.1 Å². The molecule has 0 spiro atoms. The fourth-order valence-electron chi connectivity index (χ4n) is 1.61. The lowest BCUT2D eigenvalue weighted by Crippen LogP contribution is -2.44. The van der Waals surface area contributed by atoms with Crippen molar-refractivity contribution in [1.82, 2.24) is 4.90 Å². The molecule has 0 saturated carbocycles. The van der Waals surface area contributed by atoms with E-state index in [1.807, 2.05) is 20.8 Å². The fourth-order valence-corrected chi connectivity index (χ4v) is 1.61. The maximum atomic E-state index is 13.9. The molecule has 1 amide bonds. The summed E-state index contributed by atoms with van der Waals surface area (Å²) in [5.41, 5.74) is 5.60. The first-order valence-electron chi connectivity index (χ1n) is 6.60. The molecular weight excluding hydrogens is 255 g/mol. The zero-order valence-corrected chi connectivity index (χ0v) is 12.5. The van der Waals surface area contributed by atoms with Crippen molar-refractivity contribution < 1.29 is 9.18 Å². The van der Waals surface area contributed by atoms with Crippen LogP contribution in [0.2, 0.25) is 0 Å². The SMILES string of the molecule is CCC(C)(C)N(C)C(=O)c1cc(C#CCN)ccc1F. The molecule has 0 fully saturated rings. The van der Waals surface area contributed by atoms with Crippen LogP contribution in [-0.2, 0) is 0 Å². The van der Waals surface area contributed by atoms with Crippen molar-refractivity contribution in [3.05, 3.63) is 35.1 Å². The molecule has 0 aliphatic heterocycles. The predicted molar refractivity (Wildman–Crippen MR) is 78.8 cm³/mol. The molecule has 0 saturated heterocycles. The number of hydrogen-bond donors (Lipinski definition) is 1. The van der Waals surface area contributed by atoms with Crippen molar-refractivity contribution in [1.29, 1.82) is 0 Å². The Kier molecular flexibility index (Phi) is 5.29. The number of carbonyl (C=O) groups is 1. The summed E-state index contributed by atoms with van der Waals surface area (Å²) in [5.74, 6) is 4.62. The predicted octanol–water partition coefficient (Wildman–Crippen LogP) is 2.40. The Balaban J connectivity index is 3.15. The number of nitrogens with two attached hydrogens (primary N) is 1. The molecule has 0 bridgehead atoms. The third kappa shape index (κ3) is 3.58. The second-order valence-electron chi connectivity index (χ2n) is 5.23. The van der Waals surface area contributed by atoms with Crippen LogP contribution in [0.3, 0.4) is 0 Å². The van der Waals surface area contributed by atoms with Gasteiger partial charge in [0.1, 0.15) is 5.82 Å². The van der Waals surface area contributed by atoms with Gasteiger partial charge in [0.2, 0.25) is 0 Å². The van der Waals surface area contributed by atoms with Crippen LogP contribution in [0, 0.1) is 17.7 Å². The number of rotatable bonds is 3. The smallest absolute Gasteiger partial charge is 0.257 e. The van der Waals surface area contributed by atoms with Gasteiger partial charge in [-0.2, -0.15) is 0 Å². The lowest BCUT2D eigenvalue weighted by molar-refractivity contribution is 0.0615. The van der Waals surface area contributed by atoms with Crippen LogP contribution in [0.5, 0.6) is 0 Å². The summed E-state index contributed by atoms with van der Waals surface area (Å²) >= 11 is 0. The van der Waals surface area contributed by atoms with E-state index in [4.69, 9.17) is 5.73 Å². The van der Waals surface area contributed by atoms with E-state index in [9.17, 15) is 9.18 Å². The number of hydrogen-bond acceptors (Lipinski definition) is 2. The molecule has 1 rings (SSSR count). The van der Waals surface area contributed by atoms with E-state index in [0.29, 0.717) is 5.56 Å². The maximum absolute atomic E-state index is 13.9. The average Bonchev–Trinajstić information content (AvgIpc) is 2.44. The van der Waals surface area contributed by atoms with E-state index < -0.39 is 5.82 Å². The van der Waals surface area contributed by atoms with Crippen molar-refractivity contribution >= 4 is 5.91 Å². The summed E-state index contributed by atoms with van der Waals surface area (Å²) in [5, 5.41) is 0. The van der Waals surface area contributed by atoms with Crippen LogP contribution in [0.1, 0.15) is 43.1 Å². The molecular formula is C16H21FN2O. The second-order valence-corrected chi connectivity index (χ2v) is 5.23. The Morgan fingerprint density at radius 3 is 2.65 bits per heavy atom. The number of carbonyl (C=O) groups excluding carboxylic acids is 1. The van der Waals surface area contributed by atoms with Gasteiger partial charge in [0.25, 0.3) is 5.91 Å². The number of nitrogens with zero attached hydrogens (tertiary/aromatic N) is 1. The van der Waals surface area contributed by atoms with Crippen molar-refractivity contribution in [2.24, 2.45) is 5.73 Å². The minimum atomic E-state index is -0.535. The summed E-state index contributed by atoms with van der Waals surface area (Å²) in [6, 6.07) is 4.28. The third-order valence-electron chi connectivity index (χ3n) is 3.61. The minimum absolute atomic E-state index is 0.0397. The van der Waals surface area contributed by atoms with Crippen molar-refractivity contribution in [3.8, 4) is 11.8 Å². The van der Waals surface area contributed by atoms with Gasteiger partial charge in [-0.1, -0.05) is 18.8 Å². The van der Waals surface area contributed by atoms with Crippen LogP contribution in [0.15, 0.2) is 18.2 Å². The Bertz CT molecular complexity index is 555. The van der Waals surface area contributed by atoms with Gasteiger partial charge in [-0.15, -0.1) is 0 Å². The highest BCUT2D eigenvalue weighted by atomic mass is 19.1. The van der Waals surface area contributed by atoms with Crippen LogP contribution in [0.25, 0.3) is 0 Å². The Morgan fingerprint density at radius 2 is 2.10 bits per heavy atom. The fraction of sp³-hybridized carbons (Fsp3) is 0.438. The topological polar surface area (TPSA) is 46.3 Å². The molecule has 108 valence electrons. The molecule has 0 aliphatic rings. The summed E-state index contributed by atoms with van der Waals surface area (Å²) < 4.78 is 13.9. The van der Waals surface area contributed by atoms with E-state index in [-0.39, 0.29) is 23.6 Å². The Labute approximate surface area is 120 Å². The molecule has 0 radical (unpaired) electrons.